The highest BCUT2D eigenvalue weighted by atomic mass is 19.4. The second kappa shape index (κ2) is 11.1. The van der Waals surface area contributed by atoms with Gasteiger partial charge in [0.1, 0.15) is 12.5 Å². The normalized spacial score (nSPS) is 20.4. The quantitative estimate of drug-likeness (QED) is 0.194. The van der Waals surface area contributed by atoms with E-state index < -0.39 is 34.8 Å². The molecule has 2 aromatic carbocycles. The molecule has 3 aliphatic rings. The largest absolute Gasteiger partial charge is 0.416 e. The Morgan fingerprint density at radius 3 is 2.52 bits per heavy atom. The van der Waals surface area contributed by atoms with Crippen molar-refractivity contribution in [1.82, 2.24) is 9.80 Å². The second-order valence-corrected chi connectivity index (χ2v) is 11.9. The van der Waals surface area contributed by atoms with Crippen LogP contribution in [0.1, 0.15) is 46.5 Å². The van der Waals surface area contributed by atoms with E-state index in [1.807, 2.05) is 18.7 Å². The minimum atomic E-state index is -4.66. The molecule has 1 unspecified atom stereocenters. The molecule has 3 heterocycles. The zero-order valence-corrected chi connectivity index (χ0v) is 23.9. The number of fused-ring (bicyclic) bond motifs is 1. The summed E-state index contributed by atoms with van der Waals surface area (Å²) in [6.45, 7) is 7.97. The van der Waals surface area contributed by atoms with E-state index in [1.165, 1.54) is 17.3 Å². The van der Waals surface area contributed by atoms with Gasteiger partial charge in [0.05, 0.1) is 42.9 Å². The number of halogens is 4. The molecule has 12 heteroatoms. The summed E-state index contributed by atoms with van der Waals surface area (Å²) in [5.41, 5.74) is -1.41. The van der Waals surface area contributed by atoms with Crippen LogP contribution in [0.5, 0.6) is 0 Å². The van der Waals surface area contributed by atoms with Gasteiger partial charge in [-0.1, -0.05) is 26.0 Å². The fourth-order valence-electron chi connectivity index (χ4n) is 5.92. The molecule has 2 saturated heterocycles. The first-order valence-corrected chi connectivity index (χ1v) is 13.8. The lowest BCUT2D eigenvalue weighted by atomic mass is 9.74. The predicted octanol–water partition coefficient (Wildman–Crippen LogP) is 4.25. The third kappa shape index (κ3) is 5.43. The Hall–Kier alpha value is -3.35. The number of rotatable bonds is 10. The molecule has 5 rings (SSSR count). The van der Waals surface area contributed by atoms with Crippen LogP contribution in [-0.2, 0) is 29.4 Å². The number of β-amino-alcohol motifs (C(OH)–C–C–N with tert-alkyl or cyclic N) is 1. The molecule has 0 bridgehead atoms. The van der Waals surface area contributed by atoms with Crippen LogP contribution in [0.25, 0.3) is 0 Å². The van der Waals surface area contributed by atoms with E-state index in [0.29, 0.717) is 29.9 Å². The summed E-state index contributed by atoms with van der Waals surface area (Å²) in [5, 5.41) is 17.6. The van der Waals surface area contributed by atoms with Crippen LogP contribution in [0.15, 0.2) is 46.6 Å². The molecule has 0 aromatic heterocycles. The first-order chi connectivity index (χ1) is 19.8. The van der Waals surface area contributed by atoms with E-state index in [-0.39, 0.29) is 49.9 Å². The van der Waals surface area contributed by atoms with Crippen LogP contribution in [0.4, 0.5) is 23.2 Å². The number of carbonyl (C=O) groups is 1. The van der Waals surface area contributed by atoms with Crippen molar-refractivity contribution < 1.29 is 32.2 Å². The molecule has 3 aliphatic heterocycles. The van der Waals surface area contributed by atoms with E-state index in [2.05, 4.69) is 16.9 Å². The van der Waals surface area contributed by atoms with Gasteiger partial charge in [-0.25, -0.2) is 4.39 Å². The van der Waals surface area contributed by atoms with Crippen LogP contribution in [0.3, 0.4) is 0 Å². The van der Waals surface area contributed by atoms with Crippen molar-refractivity contribution in [2.75, 3.05) is 44.8 Å². The number of ether oxygens (including phenoxy) is 1. The molecule has 0 saturated carbocycles. The molecule has 1 amide bonds. The third-order valence-corrected chi connectivity index (χ3v) is 8.71. The number of hydrogen-bond acceptors (Lipinski definition) is 6. The second-order valence-electron chi connectivity index (χ2n) is 11.9. The van der Waals surface area contributed by atoms with Crippen molar-refractivity contribution in [3.8, 4) is 0 Å². The fourth-order valence-corrected chi connectivity index (χ4v) is 5.92. The lowest BCUT2D eigenvalue weighted by molar-refractivity contribution is -0.138. The molecule has 42 heavy (non-hydrogen) atoms. The van der Waals surface area contributed by atoms with Gasteiger partial charge in [-0.15, -0.1) is 5.10 Å². The summed E-state index contributed by atoms with van der Waals surface area (Å²) >= 11 is 0. The van der Waals surface area contributed by atoms with Gasteiger partial charge >= 0.3 is 6.18 Å². The van der Waals surface area contributed by atoms with Crippen molar-refractivity contribution in [1.29, 1.82) is 0 Å². The molecule has 2 fully saturated rings. The Kier molecular flexibility index (Phi) is 7.92. The standard InChI is InChI=1S/C30H35F4N5O3/c1-19(2)29(41)14-38(15-29)11-20-8-23-24(25(9-20)30(32,33)34)12-39(27(23)40)22-7-5-6-21(10-22)28(16-42-17-28)26(31)13-37(4)18-36-35-3/h5-10,18-19,26,41H,3,11-17H2,1-2,4H3/b36-18-. The average molecular weight is 590 g/mol. The molecular weight excluding hydrogens is 554 g/mol. The Morgan fingerprint density at radius 2 is 1.93 bits per heavy atom. The highest BCUT2D eigenvalue weighted by Gasteiger charge is 2.49. The predicted molar refractivity (Wildman–Crippen MR) is 152 cm³/mol. The Labute approximate surface area is 242 Å². The minimum Gasteiger partial charge on any atom is -0.387 e. The van der Waals surface area contributed by atoms with E-state index >= 15 is 4.39 Å². The van der Waals surface area contributed by atoms with Crippen molar-refractivity contribution in [2.45, 2.75) is 50.3 Å². The molecule has 0 aliphatic carbocycles. The van der Waals surface area contributed by atoms with Gasteiger partial charge < -0.3 is 19.6 Å². The number of anilines is 1. The number of alkyl halides is 4. The Bertz CT molecular complexity index is 1390. The smallest absolute Gasteiger partial charge is 0.387 e. The maximum atomic E-state index is 15.7. The van der Waals surface area contributed by atoms with Gasteiger partial charge in [-0.2, -0.15) is 18.3 Å². The maximum Gasteiger partial charge on any atom is 0.416 e. The maximum absolute atomic E-state index is 15.7. The fraction of sp³-hybridized carbons (Fsp3) is 0.500. The number of benzene rings is 2. The monoisotopic (exact) mass is 589 g/mol. The zero-order valence-electron chi connectivity index (χ0n) is 23.9. The van der Waals surface area contributed by atoms with Crippen LogP contribution in [-0.4, -0.2) is 85.5 Å². The molecule has 2 aromatic rings. The summed E-state index contributed by atoms with van der Waals surface area (Å²) in [6, 6.07) is 9.36. The molecule has 0 radical (unpaired) electrons. The molecule has 8 nitrogen and oxygen atoms in total. The van der Waals surface area contributed by atoms with E-state index in [9.17, 15) is 23.1 Å². The van der Waals surface area contributed by atoms with Gasteiger partial charge in [0.15, 0.2) is 0 Å². The van der Waals surface area contributed by atoms with E-state index in [1.54, 1.807) is 36.2 Å². The summed E-state index contributed by atoms with van der Waals surface area (Å²) < 4.78 is 63.8. The average Bonchev–Trinajstić information content (AvgIpc) is 3.21. The molecule has 1 N–H and O–H groups in total. The SMILES string of the molecule is C=N/N=C\N(C)CC(F)C1(c2cccc(N3Cc4c(cc(CN5CC(O)(C(C)C)C5)cc4C(F)(F)F)C3=O)c2)COC1. The Morgan fingerprint density at radius 1 is 1.21 bits per heavy atom. The van der Waals surface area contributed by atoms with Crippen LogP contribution in [0, 0.1) is 5.92 Å². The van der Waals surface area contributed by atoms with Gasteiger partial charge in [-0.05, 0) is 46.9 Å². The van der Waals surface area contributed by atoms with Crippen molar-refractivity contribution in [3.63, 3.8) is 0 Å². The molecular formula is C30H35F4N5O3. The summed E-state index contributed by atoms with van der Waals surface area (Å²) in [5.74, 6) is -0.520. The molecule has 0 spiro atoms. The van der Waals surface area contributed by atoms with Crippen molar-refractivity contribution in [3.05, 3.63) is 64.2 Å². The summed E-state index contributed by atoms with van der Waals surface area (Å²) in [7, 11) is 1.66. The molecule has 1 atom stereocenters. The van der Waals surface area contributed by atoms with Crippen LogP contribution >= 0.6 is 0 Å². The van der Waals surface area contributed by atoms with Gasteiger partial charge in [-0.3, -0.25) is 9.69 Å². The lowest BCUT2D eigenvalue weighted by Crippen LogP contribution is -2.63. The lowest BCUT2D eigenvalue weighted by Gasteiger charge is -2.49. The summed E-state index contributed by atoms with van der Waals surface area (Å²) in [4.78, 5) is 18.3. The van der Waals surface area contributed by atoms with Gasteiger partial charge in [0, 0.05) is 44.7 Å². The first-order valence-electron chi connectivity index (χ1n) is 13.8. The number of aliphatic hydroxyl groups is 1. The third-order valence-electron chi connectivity index (χ3n) is 8.71. The molecule has 226 valence electrons. The number of nitrogens with zero attached hydrogens (tertiary/aromatic N) is 5. The van der Waals surface area contributed by atoms with Gasteiger partial charge in [0.25, 0.3) is 5.91 Å². The highest BCUT2D eigenvalue weighted by molar-refractivity contribution is 6.10. The number of carbonyl (C=O) groups excluding carboxylic acids is 1. The van der Waals surface area contributed by atoms with Crippen molar-refractivity contribution in [2.24, 2.45) is 16.1 Å². The summed E-state index contributed by atoms with van der Waals surface area (Å²) in [6.07, 6.45) is -4.65. The number of amides is 1. The van der Waals surface area contributed by atoms with E-state index in [0.717, 1.165) is 6.07 Å². The first kappa shape index (κ1) is 30.1. The van der Waals surface area contributed by atoms with E-state index in [4.69, 9.17) is 4.74 Å². The number of hydrogen-bond donors (Lipinski definition) is 1. The van der Waals surface area contributed by atoms with Crippen LogP contribution in [0.2, 0.25) is 0 Å². The van der Waals surface area contributed by atoms with Crippen molar-refractivity contribution >= 4 is 24.7 Å². The zero-order chi connectivity index (χ0) is 30.4. The van der Waals surface area contributed by atoms with Gasteiger partial charge in [0.2, 0.25) is 0 Å². The minimum absolute atomic E-state index is 0.00397. The number of likely N-dealkylation sites (tertiary alicyclic amines) is 1. The Balaban J connectivity index is 1.41. The van der Waals surface area contributed by atoms with Crippen LogP contribution < -0.4 is 4.90 Å². The highest BCUT2D eigenvalue weighted by Crippen LogP contribution is 2.43. The topological polar surface area (TPSA) is 81.0 Å².